The van der Waals surface area contributed by atoms with Crippen molar-refractivity contribution in [3.8, 4) is 0 Å². The summed E-state index contributed by atoms with van der Waals surface area (Å²) in [5.74, 6) is 0.0945. The van der Waals surface area contributed by atoms with Gasteiger partial charge in [-0.15, -0.1) is 11.3 Å². The lowest BCUT2D eigenvalue weighted by Gasteiger charge is -2.31. The first-order chi connectivity index (χ1) is 8.84. The van der Waals surface area contributed by atoms with Crippen LogP contribution in [-0.4, -0.2) is 10.9 Å². The maximum atomic E-state index is 11.6. The summed E-state index contributed by atoms with van der Waals surface area (Å²) in [7, 11) is 0. The highest BCUT2D eigenvalue weighted by atomic mass is 32.1. The molecule has 2 aromatic rings. The molecule has 3 rings (SSSR count). The van der Waals surface area contributed by atoms with E-state index < -0.39 is 0 Å². The highest BCUT2D eigenvalue weighted by Crippen LogP contribution is 2.36. The van der Waals surface area contributed by atoms with Crippen molar-refractivity contribution in [1.82, 2.24) is 15.8 Å². The molecule has 0 radical (unpaired) electrons. The number of hydrogen-bond donors (Lipinski definition) is 2. The predicted octanol–water partition coefficient (Wildman–Crippen LogP) is 1.99. The zero-order valence-corrected chi connectivity index (χ0v) is 10.5. The Kier molecular flexibility index (Phi) is 3.08. The predicted molar refractivity (Wildman–Crippen MR) is 69.9 cm³/mol. The van der Waals surface area contributed by atoms with Gasteiger partial charge in [-0.3, -0.25) is 15.2 Å². The molecule has 1 fully saturated rings. The van der Waals surface area contributed by atoms with Gasteiger partial charge in [0.1, 0.15) is 0 Å². The van der Waals surface area contributed by atoms with Crippen LogP contribution in [0.3, 0.4) is 0 Å². The Morgan fingerprint density at radius 3 is 2.94 bits per heavy atom. The summed E-state index contributed by atoms with van der Waals surface area (Å²) in [5, 5.41) is 2.04. The number of nitrogens with one attached hydrogen (secondary N) is 2. The smallest absolute Gasteiger partial charge is 0.234 e. The molecule has 1 amide bonds. The van der Waals surface area contributed by atoms with Gasteiger partial charge in [0.15, 0.2) is 0 Å². The topological polar surface area (TPSA) is 54.0 Å². The minimum Gasteiger partial charge on any atom is -0.291 e. The van der Waals surface area contributed by atoms with Crippen LogP contribution >= 0.6 is 11.3 Å². The summed E-state index contributed by atoms with van der Waals surface area (Å²) in [6, 6.07) is 10.0. The molecule has 0 spiro atoms. The van der Waals surface area contributed by atoms with E-state index in [2.05, 4.69) is 21.9 Å². The molecule has 2 unspecified atom stereocenters. The second-order valence-corrected chi connectivity index (χ2v) is 5.23. The lowest BCUT2D eigenvalue weighted by Crippen LogP contribution is -2.48. The molecule has 1 aliphatic rings. The van der Waals surface area contributed by atoms with Gasteiger partial charge in [0.25, 0.3) is 0 Å². The third-order valence-electron chi connectivity index (χ3n) is 3.09. The Hall–Kier alpha value is -1.72. The van der Waals surface area contributed by atoms with Gasteiger partial charge in [-0.05, 0) is 23.6 Å². The Balaban J connectivity index is 1.94. The molecule has 0 aromatic carbocycles. The van der Waals surface area contributed by atoms with Crippen molar-refractivity contribution in [2.24, 2.45) is 0 Å². The largest absolute Gasteiger partial charge is 0.291 e. The first-order valence-electron chi connectivity index (χ1n) is 5.83. The summed E-state index contributed by atoms with van der Waals surface area (Å²) in [6.45, 7) is 0. The molecule has 3 heterocycles. The summed E-state index contributed by atoms with van der Waals surface area (Å²) < 4.78 is 0. The Morgan fingerprint density at radius 1 is 1.28 bits per heavy atom. The number of pyridine rings is 1. The number of carbonyl (C=O) groups is 1. The van der Waals surface area contributed by atoms with Crippen LogP contribution in [0.1, 0.15) is 29.0 Å². The molecule has 4 nitrogen and oxygen atoms in total. The Morgan fingerprint density at radius 2 is 2.22 bits per heavy atom. The average Bonchev–Trinajstić information content (AvgIpc) is 2.93. The quantitative estimate of drug-likeness (QED) is 0.867. The second kappa shape index (κ2) is 4.88. The Labute approximate surface area is 109 Å². The van der Waals surface area contributed by atoms with Gasteiger partial charge in [0.05, 0.1) is 6.04 Å². The molecule has 2 atom stereocenters. The highest BCUT2D eigenvalue weighted by Gasteiger charge is 2.32. The van der Waals surface area contributed by atoms with Gasteiger partial charge in [-0.2, -0.15) is 0 Å². The molecule has 2 N–H and O–H groups in total. The van der Waals surface area contributed by atoms with Crippen molar-refractivity contribution in [3.05, 3.63) is 52.5 Å². The summed E-state index contributed by atoms with van der Waals surface area (Å²) >= 11 is 1.69. The van der Waals surface area contributed by atoms with Crippen LogP contribution in [0.15, 0.2) is 41.9 Å². The van der Waals surface area contributed by atoms with Crippen LogP contribution in [0.4, 0.5) is 0 Å². The number of rotatable bonds is 2. The van der Waals surface area contributed by atoms with Crippen molar-refractivity contribution in [2.75, 3.05) is 0 Å². The van der Waals surface area contributed by atoms with Gasteiger partial charge in [0, 0.05) is 29.1 Å². The normalized spacial score (nSPS) is 23.7. The van der Waals surface area contributed by atoms with Crippen LogP contribution in [-0.2, 0) is 4.79 Å². The minimum absolute atomic E-state index is 0.0125. The number of nitrogens with zero attached hydrogens (tertiary/aromatic N) is 1. The van der Waals surface area contributed by atoms with Crippen molar-refractivity contribution < 1.29 is 4.79 Å². The number of hydrogen-bond acceptors (Lipinski definition) is 4. The average molecular weight is 259 g/mol. The monoisotopic (exact) mass is 259 g/mol. The first kappa shape index (κ1) is 11.4. The molecular weight excluding hydrogens is 246 g/mol. The van der Waals surface area contributed by atoms with E-state index >= 15 is 0 Å². The third-order valence-corrected chi connectivity index (χ3v) is 4.05. The van der Waals surface area contributed by atoms with E-state index in [1.165, 1.54) is 4.88 Å². The van der Waals surface area contributed by atoms with Crippen molar-refractivity contribution in [2.45, 2.75) is 18.4 Å². The van der Waals surface area contributed by atoms with Crippen LogP contribution in [0, 0.1) is 0 Å². The number of amides is 1. The summed E-state index contributed by atoms with van der Waals surface area (Å²) in [6.07, 6.45) is 2.24. The van der Waals surface area contributed by atoms with E-state index in [4.69, 9.17) is 0 Å². The zero-order chi connectivity index (χ0) is 12.4. The minimum atomic E-state index is 0.0125. The molecule has 18 heavy (non-hydrogen) atoms. The molecule has 1 saturated heterocycles. The van der Waals surface area contributed by atoms with Gasteiger partial charge in [-0.25, -0.2) is 5.43 Å². The van der Waals surface area contributed by atoms with Crippen molar-refractivity contribution in [1.29, 1.82) is 0 Å². The van der Waals surface area contributed by atoms with E-state index in [0.717, 1.165) is 5.69 Å². The fourth-order valence-electron chi connectivity index (χ4n) is 2.24. The summed E-state index contributed by atoms with van der Waals surface area (Å²) in [5.41, 5.74) is 6.76. The zero-order valence-electron chi connectivity index (χ0n) is 9.67. The Bertz CT molecular complexity index is 526. The molecule has 2 aromatic heterocycles. The molecule has 0 bridgehead atoms. The van der Waals surface area contributed by atoms with Gasteiger partial charge >= 0.3 is 0 Å². The van der Waals surface area contributed by atoms with E-state index in [0.29, 0.717) is 6.42 Å². The molecular formula is C13H13N3OS. The van der Waals surface area contributed by atoms with E-state index in [-0.39, 0.29) is 17.9 Å². The van der Waals surface area contributed by atoms with Crippen LogP contribution in [0.25, 0.3) is 0 Å². The number of carbonyl (C=O) groups excluding carboxylic acids is 1. The van der Waals surface area contributed by atoms with E-state index in [1.54, 1.807) is 17.5 Å². The number of thiophene rings is 1. The lowest BCUT2D eigenvalue weighted by atomic mass is 9.90. The van der Waals surface area contributed by atoms with Gasteiger partial charge in [-0.1, -0.05) is 12.1 Å². The standard InChI is InChI=1S/C13H13N3OS/c17-12-8-9(10-4-1-2-6-14-10)13(16-15-12)11-5-3-7-18-11/h1-7,9,13,16H,8H2,(H,15,17). The fourth-order valence-corrected chi connectivity index (χ4v) is 3.08. The third kappa shape index (κ3) is 2.14. The second-order valence-electron chi connectivity index (χ2n) is 4.25. The van der Waals surface area contributed by atoms with E-state index in [1.807, 2.05) is 29.6 Å². The van der Waals surface area contributed by atoms with Crippen molar-refractivity contribution >= 4 is 17.2 Å². The maximum absolute atomic E-state index is 11.6. The van der Waals surface area contributed by atoms with Crippen LogP contribution in [0.2, 0.25) is 0 Å². The highest BCUT2D eigenvalue weighted by molar-refractivity contribution is 7.10. The first-order valence-corrected chi connectivity index (χ1v) is 6.71. The molecule has 5 heteroatoms. The lowest BCUT2D eigenvalue weighted by molar-refractivity contribution is -0.124. The van der Waals surface area contributed by atoms with Crippen molar-refractivity contribution in [3.63, 3.8) is 0 Å². The fraction of sp³-hybridized carbons (Fsp3) is 0.231. The van der Waals surface area contributed by atoms with Gasteiger partial charge < -0.3 is 0 Å². The molecule has 0 aliphatic carbocycles. The SMILES string of the molecule is O=C1CC(c2ccccn2)C(c2cccs2)NN1. The number of aromatic nitrogens is 1. The van der Waals surface area contributed by atoms with Crippen LogP contribution < -0.4 is 10.9 Å². The maximum Gasteiger partial charge on any atom is 0.234 e. The molecule has 0 saturated carbocycles. The number of hydrazine groups is 1. The van der Waals surface area contributed by atoms with E-state index in [9.17, 15) is 4.79 Å². The van der Waals surface area contributed by atoms with Crippen LogP contribution in [0.5, 0.6) is 0 Å². The summed E-state index contributed by atoms with van der Waals surface area (Å²) in [4.78, 5) is 17.2. The molecule has 92 valence electrons. The molecule has 1 aliphatic heterocycles. The van der Waals surface area contributed by atoms with Gasteiger partial charge in [0.2, 0.25) is 5.91 Å².